The van der Waals surface area contributed by atoms with E-state index in [4.69, 9.17) is 9.47 Å². The smallest absolute Gasteiger partial charge is 0.416 e. The van der Waals surface area contributed by atoms with Crippen molar-refractivity contribution in [1.29, 1.82) is 0 Å². The number of carbonyl (C=O) groups is 2. The molecule has 0 aliphatic carbocycles. The lowest BCUT2D eigenvalue weighted by atomic mass is 9.97. The molecule has 1 aromatic carbocycles. The van der Waals surface area contributed by atoms with Crippen LogP contribution < -0.4 is 0 Å². The number of ether oxygens (including phenoxy) is 2. The van der Waals surface area contributed by atoms with Crippen molar-refractivity contribution >= 4 is 11.9 Å². The van der Waals surface area contributed by atoms with E-state index in [1.807, 2.05) is 13.8 Å². The van der Waals surface area contributed by atoms with Gasteiger partial charge in [0.05, 0.1) is 18.8 Å². The normalized spacial score (nSPS) is 11.4. The van der Waals surface area contributed by atoms with Crippen molar-refractivity contribution in [3.05, 3.63) is 35.4 Å². The number of carbonyl (C=O) groups excluding carboxylic acids is 2. The zero-order chi connectivity index (χ0) is 18.9. The SMILES string of the molecule is CCCCOC(=O)C(C(=O)OCCCC)c1cccc(C(F)(F)F)c1. The highest BCUT2D eigenvalue weighted by Crippen LogP contribution is 2.31. The van der Waals surface area contributed by atoms with E-state index in [2.05, 4.69) is 0 Å². The molecule has 7 heteroatoms. The summed E-state index contributed by atoms with van der Waals surface area (Å²) in [6.07, 6.45) is -1.80. The topological polar surface area (TPSA) is 52.6 Å². The second-order valence-corrected chi connectivity index (χ2v) is 5.60. The molecule has 0 heterocycles. The van der Waals surface area contributed by atoms with Gasteiger partial charge in [0.1, 0.15) is 0 Å². The van der Waals surface area contributed by atoms with Crippen LogP contribution in [-0.4, -0.2) is 25.2 Å². The predicted molar refractivity (Wildman–Crippen MR) is 85.9 cm³/mol. The van der Waals surface area contributed by atoms with Crippen molar-refractivity contribution in [2.45, 2.75) is 51.6 Å². The van der Waals surface area contributed by atoms with Gasteiger partial charge in [-0.3, -0.25) is 9.59 Å². The van der Waals surface area contributed by atoms with Gasteiger partial charge in [0.2, 0.25) is 0 Å². The van der Waals surface area contributed by atoms with Crippen LogP contribution in [-0.2, 0) is 25.2 Å². The minimum absolute atomic E-state index is 0.0854. The fraction of sp³-hybridized carbons (Fsp3) is 0.556. The number of halogens is 3. The Kier molecular flexibility index (Phi) is 8.45. The molecule has 0 atom stereocenters. The Hall–Kier alpha value is -2.05. The standard InChI is InChI=1S/C18H23F3O4/c1-3-5-10-24-16(22)15(17(23)25-11-6-4-2)13-8-7-9-14(12-13)18(19,20)21/h7-9,12,15H,3-6,10-11H2,1-2H3. The maximum Gasteiger partial charge on any atom is 0.416 e. The number of unbranched alkanes of at least 4 members (excludes halogenated alkanes) is 2. The molecule has 4 nitrogen and oxygen atoms in total. The Balaban J connectivity index is 3.04. The first-order valence-corrected chi connectivity index (χ1v) is 8.31. The molecule has 0 fully saturated rings. The molecule has 1 aromatic rings. The van der Waals surface area contributed by atoms with Crippen LogP contribution in [0.15, 0.2) is 24.3 Å². The van der Waals surface area contributed by atoms with Crippen LogP contribution in [0.5, 0.6) is 0 Å². The first-order valence-electron chi connectivity index (χ1n) is 8.31. The first kappa shape index (κ1) is 21.0. The molecule has 0 aliphatic rings. The Morgan fingerprint density at radius 1 is 1.00 bits per heavy atom. The maximum absolute atomic E-state index is 12.9. The summed E-state index contributed by atoms with van der Waals surface area (Å²) in [6, 6.07) is 4.12. The molecule has 0 spiro atoms. The molecule has 0 aromatic heterocycles. The largest absolute Gasteiger partial charge is 0.465 e. The fourth-order valence-corrected chi connectivity index (χ4v) is 2.06. The van der Waals surface area contributed by atoms with Crippen molar-refractivity contribution in [3.63, 3.8) is 0 Å². The van der Waals surface area contributed by atoms with Crippen molar-refractivity contribution in [3.8, 4) is 0 Å². The number of benzene rings is 1. The van der Waals surface area contributed by atoms with E-state index in [1.54, 1.807) is 0 Å². The molecule has 0 aliphatic heterocycles. The van der Waals surface area contributed by atoms with Crippen LogP contribution in [0.3, 0.4) is 0 Å². The van der Waals surface area contributed by atoms with E-state index >= 15 is 0 Å². The molecule has 0 bridgehead atoms. The van der Waals surface area contributed by atoms with Crippen LogP contribution in [0.1, 0.15) is 56.6 Å². The average Bonchev–Trinajstić information content (AvgIpc) is 2.55. The van der Waals surface area contributed by atoms with Gasteiger partial charge in [-0.2, -0.15) is 13.2 Å². The molecule has 25 heavy (non-hydrogen) atoms. The van der Waals surface area contributed by atoms with E-state index in [9.17, 15) is 22.8 Å². The lowest BCUT2D eigenvalue weighted by molar-refractivity contribution is -0.158. The van der Waals surface area contributed by atoms with Gasteiger partial charge in [-0.1, -0.05) is 44.9 Å². The van der Waals surface area contributed by atoms with Gasteiger partial charge in [0.25, 0.3) is 0 Å². The average molecular weight is 360 g/mol. The summed E-state index contributed by atoms with van der Waals surface area (Å²) in [4.78, 5) is 24.5. The van der Waals surface area contributed by atoms with E-state index in [0.29, 0.717) is 12.8 Å². The highest BCUT2D eigenvalue weighted by Gasteiger charge is 2.35. The molecule has 140 valence electrons. The molecule has 1 rings (SSSR count). The van der Waals surface area contributed by atoms with E-state index < -0.39 is 29.6 Å². The number of esters is 2. The Morgan fingerprint density at radius 3 is 1.96 bits per heavy atom. The Labute approximate surface area is 145 Å². The molecular formula is C18H23F3O4. The molecule has 0 radical (unpaired) electrons. The van der Waals surface area contributed by atoms with Crippen molar-refractivity contribution in [2.24, 2.45) is 0 Å². The Bertz CT molecular complexity index is 548. The van der Waals surface area contributed by atoms with Crippen molar-refractivity contribution in [1.82, 2.24) is 0 Å². The summed E-state index contributed by atoms with van der Waals surface area (Å²) in [5.41, 5.74) is -1.02. The van der Waals surface area contributed by atoms with Crippen LogP contribution in [0.4, 0.5) is 13.2 Å². The summed E-state index contributed by atoms with van der Waals surface area (Å²) >= 11 is 0. The number of hydrogen-bond acceptors (Lipinski definition) is 4. The Morgan fingerprint density at radius 2 is 1.52 bits per heavy atom. The molecule has 0 N–H and O–H groups in total. The number of hydrogen-bond donors (Lipinski definition) is 0. The first-order chi connectivity index (χ1) is 11.8. The highest BCUT2D eigenvalue weighted by atomic mass is 19.4. The predicted octanol–water partition coefficient (Wildman–Crippen LogP) is 4.48. The van der Waals surface area contributed by atoms with Crippen LogP contribution in [0, 0.1) is 0 Å². The second-order valence-electron chi connectivity index (χ2n) is 5.60. The maximum atomic E-state index is 12.9. The van der Waals surface area contributed by atoms with Crippen LogP contribution >= 0.6 is 0 Å². The lowest BCUT2D eigenvalue weighted by Gasteiger charge is -2.17. The minimum Gasteiger partial charge on any atom is -0.465 e. The summed E-state index contributed by atoms with van der Waals surface area (Å²) < 4.78 is 48.8. The van der Waals surface area contributed by atoms with E-state index in [-0.39, 0.29) is 18.8 Å². The van der Waals surface area contributed by atoms with E-state index in [0.717, 1.165) is 31.0 Å². The summed E-state index contributed by atoms with van der Waals surface area (Å²) in [7, 11) is 0. The summed E-state index contributed by atoms with van der Waals surface area (Å²) in [5, 5.41) is 0. The molecule has 0 saturated carbocycles. The number of rotatable bonds is 9. The lowest BCUT2D eigenvalue weighted by Crippen LogP contribution is -2.27. The van der Waals surface area contributed by atoms with Gasteiger partial charge in [0.15, 0.2) is 5.92 Å². The summed E-state index contributed by atoms with van der Waals surface area (Å²) in [6.45, 7) is 4.01. The van der Waals surface area contributed by atoms with Gasteiger partial charge < -0.3 is 9.47 Å². The molecule has 0 amide bonds. The molecular weight excluding hydrogens is 337 g/mol. The quantitative estimate of drug-likeness (QED) is 0.370. The zero-order valence-electron chi connectivity index (χ0n) is 14.4. The van der Waals surface area contributed by atoms with Gasteiger partial charge in [-0.15, -0.1) is 0 Å². The third-order valence-corrected chi connectivity index (χ3v) is 3.50. The van der Waals surface area contributed by atoms with Gasteiger partial charge in [-0.25, -0.2) is 0 Å². The fourth-order valence-electron chi connectivity index (χ4n) is 2.06. The monoisotopic (exact) mass is 360 g/mol. The highest BCUT2D eigenvalue weighted by molar-refractivity contribution is 6.00. The van der Waals surface area contributed by atoms with Crippen molar-refractivity contribution < 1.29 is 32.2 Å². The molecule has 0 unspecified atom stereocenters. The van der Waals surface area contributed by atoms with Gasteiger partial charge in [-0.05, 0) is 24.5 Å². The van der Waals surface area contributed by atoms with Crippen molar-refractivity contribution in [2.75, 3.05) is 13.2 Å². The zero-order valence-corrected chi connectivity index (χ0v) is 14.4. The van der Waals surface area contributed by atoms with E-state index in [1.165, 1.54) is 6.07 Å². The second kappa shape index (κ2) is 10.1. The third kappa shape index (κ3) is 6.76. The third-order valence-electron chi connectivity index (χ3n) is 3.50. The van der Waals surface area contributed by atoms with Gasteiger partial charge in [0, 0.05) is 0 Å². The number of alkyl halides is 3. The van der Waals surface area contributed by atoms with Crippen LogP contribution in [0.2, 0.25) is 0 Å². The minimum atomic E-state index is -4.57. The summed E-state index contributed by atoms with van der Waals surface area (Å²) in [5.74, 6) is -3.31. The molecule has 0 saturated heterocycles. The van der Waals surface area contributed by atoms with Crippen LogP contribution in [0.25, 0.3) is 0 Å². The van der Waals surface area contributed by atoms with Gasteiger partial charge >= 0.3 is 18.1 Å².